The molecule has 0 aliphatic carbocycles. The summed E-state index contributed by atoms with van der Waals surface area (Å²) in [6, 6.07) is 8.05. The highest BCUT2D eigenvalue weighted by Gasteiger charge is 2.23. The summed E-state index contributed by atoms with van der Waals surface area (Å²) in [4.78, 5) is 15.0. The van der Waals surface area contributed by atoms with E-state index in [9.17, 15) is 4.79 Å². The number of rotatable bonds is 4. The highest BCUT2D eigenvalue weighted by molar-refractivity contribution is 8.00. The van der Waals surface area contributed by atoms with Crippen molar-refractivity contribution in [2.45, 2.75) is 17.9 Å². The molecule has 1 fully saturated rings. The summed E-state index contributed by atoms with van der Waals surface area (Å²) in [6.07, 6.45) is -0.235. The number of morpholine rings is 1. The van der Waals surface area contributed by atoms with E-state index >= 15 is 0 Å². The zero-order valence-corrected chi connectivity index (χ0v) is 11.9. The van der Waals surface area contributed by atoms with Crippen molar-refractivity contribution in [2.75, 3.05) is 32.1 Å². The predicted molar refractivity (Wildman–Crippen MR) is 75.3 cm³/mol. The molecule has 0 aromatic heterocycles. The smallest absolute Gasteiger partial charge is 0.233 e. The van der Waals surface area contributed by atoms with Gasteiger partial charge in [-0.05, 0) is 18.6 Å². The molecule has 1 saturated heterocycles. The fraction of sp³-hybridized carbons (Fsp3) is 0.500. The zero-order chi connectivity index (χ0) is 13.7. The predicted octanol–water partition coefficient (Wildman–Crippen LogP) is 1.31. The van der Waals surface area contributed by atoms with Gasteiger partial charge in [0.05, 0.1) is 25.1 Å². The van der Waals surface area contributed by atoms with Gasteiger partial charge < -0.3 is 14.7 Å². The Morgan fingerprint density at radius 3 is 3.05 bits per heavy atom. The molecule has 0 saturated carbocycles. The normalized spacial score (nSPS) is 19.5. The SMILES string of the molecule is Cc1ccccc1SCC(=O)N1CCOC(CO)C1. The summed E-state index contributed by atoms with van der Waals surface area (Å²) in [5.41, 5.74) is 1.19. The summed E-state index contributed by atoms with van der Waals surface area (Å²) in [6.45, 7) is 3.62. The summed E-state index contributed by atoms with van der Waals surface area (Å²) < 4.78 is 5.34. The number of carbonyl (C=O) groups excluding carboxylic acids is 1. The second kappa shape index (κ2) is 6.93. The minimum atomic E-state index is -0.235. The maximum absolute atomic E-state index is 12.1. The van der Waals surface area contributed by atoms with Crippen molar-refractivity contribution in [2.24, 2.45) is 0 Å². The molecule has 1 N–H and O–H groups in total. The molecular weight excluding hydrogens is 262 g/mol. The first-order valence-corrected chi connectivity index (χ1v) is 7.38. The molecule has 0 radical (unpaired) electrons. The van der Waals surface area contributed by atoms with Crippen molar-refractivity contribution in [3.63, 3.8) is 0 Å². The summed E-state index contributed by atoms with van der Waals surface area (Å²) in [5.74, 6) is 0.540. The van der Waals surface area contributed by atoms with E-state index in [0.717, 1.165) is 4.90 Å². The van der Waals surface area contributed by atoms with Crippen molar-refractivity contribution < 1.29 is 14.6 Å². The third-order valence-electron chi connectivity index (χ3n) is 3.14. The molecule has 2 rings (SSSR count). The third-order valence-corrected chi connectivity index (χ3v) is 4.30. The van der Waals surface area contributed by atoms with Gasteiger partial charge in [0.15, 0.2) is 0 Å². The van der Waals surface area contributed by atoms with Gasteiger partial charge in [-0.1, -0.05) is 18.2 Å². The Morgan fingerprint density at radius 1 is 1.53 bits per heavy atom. The lowest BCUT2D eigenvalue weighted by Crippen LogP contribution is -2.47. The van der Waals surface area contributed by atoms with E-state index < -0.39 is 0 Å². The van der Waals surface area contributed by atoms with Gasteiger partial charge in [-0.2, -0.15) is 0 Å². The molecular formula is C14H19NO3S. The summed E-state index contributed by atoms with van der Waals surface area (Å²) in [7, 11) is 0. The molecule has 5 heteroatoms. The number of aryl methyl sites for hydroxylation is 1. The van der Waals surface area contributed by atoms with Crippen molar-refractivity contribution >= 4 is 17.7 Å². The first-order valence-electron chi connectivity index (χ1n) is 6.39. The fourth-order valence-corrected chi connectivity index (χ4v) is 2.94. The maximum atomic E-state index is 12.1. The van der Waals surface area contributed by atoms with Gasteiger partial charge in [0.1, 0.15) is 0 Å². The molecule has 1 aromatic carbocycles. The van der Waals surface area contributed by atoms with Gasteiger partial charge >= 0.3 is 0 Å². The summed E-state index contributed by atoms with van der Waals surface area (Å²) >= 11 is 1.56. The van der Waals surface area contributed by atoms with Gasteiger partial charge in [-0.15, -0.1) is 11.8 Å². The van der Waals surface area contributed by atoms with Crippen molar-refractivity contribution in [3.05, 3.63) is 29.8 Å². The Bertz CT molecular complexity index is 438. The monoisotopic (exact) mass is 281 g/mol. The molecule has 1 atom stereocenters. The van der Waals surface area contributed by atoms with Crippen LogP contribution < -0.4 is 0 Å². The topological polar surface area (TPSA) is 49.8 Å². The van der Waals surface area contributed by atoms with Crippen LogP contribution in [0, 0.1) is 6.92 Å². The zero-order valence-electron chi connectivity index (χ0n) is 11.0. The van der Waals surface area contributed by atoms with E-state index in [1.165, 1.54) is 5.56 Å². The van der Waals surface area contributed by atoms with Gasteiger partial charge in [-0.3, -0.25) is 4.79 Å². The van der Waals surface area contributed by atoms with Gasteiger partial charge in [0.25, 0.3) is 0 Å². The van der Waals surface area contributed by atoms with Crippen LogP contribution in [0.1, 0.15) is 5.56 Å². The molecule has 104 valence electrons. The van der Waals surface area contributed by atoms with Crippen LogP contribution >= 0.6 is 11.8 Å². The highest BCUT2D eigenvalue weighted by atomic mass is 32.2. The molecule has 0 spiro atoms. The van der Waals surface area contributed by atoms with Gasteiger partial charge in [0, 0.05) is 18.0 Å². The number of carbonyl (C=O) groups is 1. The molecule has 1 aliphatic rings. The molecule has 1 aliphatic heterocycles. The quantitative estimate of drug-likeness (QED) is 0.845. The largest absolute Gasteiger partial charge is 0.394 e. The lowest BCUT2D eigenvalue weighted by atomic mass is 10.2. The van der Waals surface area contributed by atoms with Gasteiger partial charge in [-0.25, -0.2) is 0 Å². The average molecular weight is 281 g/mol. The molecule has 4 nitrogen and oxygen atoms in total. The minimum absolute atomic E-state index is 0.0330. The molecule has 1 unspecified atom stereocenters. The van der Waals surface area contributed by atoms with Crippen molar-refractivity contribution in [1.82, 2.24) is 4.90 Å². The Balaban J connectivity index is 1.86. The lowest BCUT2D eigenvalue weighted by molar-refractivity contribution is -0.137. The Labute approximate surface area is 117 Å². The fourth-order valence-electron chi connectivity index (χ4n) is 2.01. The van der Waals surface area contributed by atoms with Gasteiger partial charge in [0.2, 0.25) is 5.91 Å². The number of benzene rings is 1. The van der Waals surface area contributed by atoms with E-state index in [4.69, 9.17) is 9.84 Å². The first-order chi connectivity index (χ1) is 9.20. The van der Waals surface area contributed by atoms with Crippen LogP contribution in [0.25, 0.3) is 0 Å². The second-order valence-electron chi connectivity index (χ2n) is 4.57. The van der Waals surface area contributed by atoms with Crippen LogP contribution in [0.4, 0.5) is 0 Å². The number of nitrogens with zero attached hydrogens (tertiary/aromatic N) is 1. The second-order valence-corrected chi connectivity index (χ2v) is 5.59. The Hall–Kier alpha value is -1.04. The number of aliphatic hydroxyl groups excluding tert-OH is 1. The number of ether oxygens (including phenoxy) is 1. The van der Waals surface area contributed by atoms with Crippen LogP contribution in [0.5, 0.6) is 0 Å². The molecule has 1 heterocycles. The molecule has 19 heavy (non-hydrogen) atoms. The number of hydrogen-bond acceptors (Lipinski definition) is 4. The minimum Gasteiger partial charge on any atom is -0.394 e. The van der Waals surface area contributed by atoms with Crippen LogP contribution in [0.15, 0.2) is 29.2 Å². The summed E-state index contributed by atoms with van der Waals surface area (Å²) in [5, 5.41) is 9.07. The number of aliphatic hydroxyl groups is 1. The van der Waals surface area contributed by atoms with Crippen molar-refractivity contribution in [1.29, 1.82) is 0 Å². The van der Waals surface area contributed by atoms with Crippen LogP contribution in [0.2, 0.25) is 0 Å². The number of amides is 1. The van der Waals surface area contributed by atoms with E-state index in [0.29, 0.717) is 25.4 Å². The standard InChI is InChI=1S/C14H19NO3S/c1-11-4-2-3-5-13(11)19-10-14(17)15-6-7-18-12(8-15)9-16/h2-5,12,16H,6-10H2,1H3. The maximum Gasteiger partial charge on any atom is 0.233 e. The first kappa shape index (κ1) is 14.4. The molecule has 0 bridgehead atoms. The van der Waals surface area contributed by atoms with Crippen LogP contribution in [-0.4, -0.2) is 54.1 Å². The number of hydrogen-bond donors (Lipinski definition) is 1. The molecule has 1 aromatic rings. The lowest BCUT2D eigenvalue weighted by Gasteiger charge is -2.32. The highest BCUT2D eigenvalue weighted by Crippen LogP contribution is 2.22. The number of thioether (sulfide) groups is 1. The average Bonchev–Trinajstić information content (AvgIpc) is 2.46. The Morgan fingerprint density at radius 2 is 2.32 bits per heavy atom. The van der Waals surface area contributed by atoms with E-state index in [-0.39, 0.29) is 18.6 Å². The van der Waals surface area contributed by atoms with Crippen LogP contribution in [-0.2, 0) is 9.53 Å². The van der Waals surface area contributed by atoms with E-state index in [1.54, 1.807) is 16.7 Å². The Kier molecular flexibility index (Phi) is 5.24. The molecule has 1 amide bonds. The van der Waals surface area contributed by atoms with Crippen LogP contribution in [0.3, 0.4) is 0 Å². The van der Waals surface area contributed by atoms with Crippen molar-refractivity contribution in [3.8, 4) is 0 Å². The van der Waals surface area contributed by atoms with E-state index in [1.807, 2.05) is 31.2 Å². The van der Waals surface area contributed by atoms with E-state index in [2.05, 4.69) is 0 Å². The third kappa shape index (κ3) is 3.96.